The Hall–Kier alpha value is -2.42. The molecule has 3 aliphatic rings. The molecule has 2 aromatic carbocycles. The summed E-state index contributed by atoms with van der Waals surface area (Å²) in [5, 5.41) is 14.2. The Balaban J connectivity index is 0.00000168. The first-order chi connectivity index (χ1) is 17.6. The standard InChI is InChI=1S/C29H35N5O2.2ClH/c30-18-20-7-6-8-21(17-20)26-25-19-31-14-16-33(25)27(32-26)28(35)34-15-13-29(36,22-9-2-1-3-10-22)23-11-4-5-12-24(23)34;;/h1-3,6-10,17,23-24,31,36H,4-5,11-16,18-19,30H2;2*1H/t23-,24+,29-;;/m0../s1. The van der Waals surface area contributed by atoms with Crippen LogP contribution in [0, 0.1) is 5.92 Å². The number of piperidine rings is 1. The van der Waals surface area contributed by atoms with Crippen LogP contribution >= 0.6 is 0 Å². The van der Waals surface area contributed by atoms with E-state index in [1.807, 2.05) is 35.2 Å². The predicted octanol–water partition coefficient (Wildman–Crippen LogP) is -4.33. The van der Waals surface area contributed by atoms with Crippen molar-refractivity contribution in [2.45, 2.75) is 63.4 Å². The van der Waals surface area contributed by atoms with Gasteiger partial charge >= 0.3 is 0 Å². The van der Waals surface area contributed by atoms with Gasteiger partial charge in [-0.1, -0.05) is 61.4 Å². The lowest BCUT2D eigenvalue weighted by molar-refractivity contribution is -0.677. The molecule has 7 nitrogen and oxygen atoms in total. The van der Waals surface area contributed by atoms with Gasteiger partial charge < -0.3 is 50.4 Å². The summed E-state index contributed by atoms with van der Waals surface area (Å²) in [5.41, 5.74) is 8.40. The Morgan fingerprint density at radius 1 is 1.08 bits per heavy atom. The number of carbonyl (C=O) groups is 1. The highest BCUT2D eigenvalue weighted by Crippen LogP contribution is 2.47. The molecule has 0 spiro atoms. The zero-order valence-corrected chi connectivity index (χ0v) is 23.2. The van der Waals surface area contributed by atoms with Crippen LogP contribution < -0.4 is 35.9 Å². The van der Waals surface area contributed by atoms with Gasteiger partial charge in [-0.2, -0.15) is 0 Å². The molecule has 1 saturated heterocycles. The number of aliphatic hydroxyl groups is 1. The molecular formula is C29H37Cl2N5O2. The molecule has 3 heterocycles. The fourth-order valence-corrected chi connectivity index (χ4v) is 6.81. The van der Waals surface area contributed by atoms with Crippen LogP contribution in [-0.4, -0.2) is 44.6 Å². The van der Waals surface area contributed by atoms with Gasteiger partial charge in [-0.3, -0.25) is 4.79 Å². The number of aromatic nitrogens is 2. The van der Waals surface area contributed by atoms with Gasteiger partial charge in [0.05, 0.1) is 30.9 Å². The summed E-state index contributed by atoms with van der Waals surface area (Å²) in [5.74, 6) is 0.621. The third-order valence-corrected chi connectivity index (χ3v) is 8.66. The first-order valence-corrected chi connectivity index (χ1v) is 13.5. The number of fused-ring (bicyclic) bond motifs is 2. The van der Waals surface area contributed by atoms with E-state index in [2.05, 4.69) is 39.9 Å². The molecule has 1 saturated carbocycles. The number of benzene rings is 2. The second-order valence-corrected chi connectivity index (χ2v) is 10.6. The van der Waals surface area contributed by atoms with Crippen molar-refractivity contribution in [1.29, 1.82) is 0 Å². The molecule has 0 bridgehead atoms. The topological polar surface area (TPSA) is 103 Å². The smallest absolute Gasteiger partial charge is 0.290 e. The van der Waals surface area contributed by atoms with Crippen LogP contribution in [0.3, 0.4) is 0 Å². The maximum atomic E-state index is 14.2. The van der Waals surface area contributed by atoms with Gasteiger partial charge in [0, 0.05) is 29.6 Å². The summed E-state index contributed by atoms with van der Waals surface area (Å²) in [6.07, 6.45) is 4.62. The summed E-state index contributed by atoms with van der Waals surface area (Å²) in [6, 6.07) is 18.5. The minimum absolute atomic E-state index is 0. The van der Waals surface area contributed by atoms with Gasteiger partial charge in [0.1, 0.15) is 12.2 Å². The summed E-state index contributed by atoms with van der Waals surface area (Å²) in [4.78, 5) is 21.2. The van der Waals surface area contributed by atoms with Crippen LogP contribution in [0.1, 0.15) is 59.5 Å². The van der Waals surface area contributed by atoms with E-state index >= 15 is 0 Å². The SMILES string of the molecule is [Cl-].[Cl-].[NH3+]Cc1cccc(-c2nc(C(=O)N3CC[C@](O)(c4ccccc4)[C@H]4CCCC[C@H]43)n3c2C[NH2+]CC3)c1. The fraction of sp³-hybridized carbons (Fsp3) is 0.448. The van der Waals surface area contributed by atoms with Gasteiger partial charge in [0.15, 0.2) is 5.82 Å². The number of amides is 1. The molecule has 3 aromatic rings. The lowest BCUT2D eigenvalue weighted by atomic mass is 9.66. The van der Waals surface area contributed by atoms with Crippen LogP contribution in [0.5, 0.6) is 0 Å². The number of nitrogens with two attached hydrogens (primary N) is 1. The average Bonchev–Trinajstić information content (AvgIpc) is 3.33. The van der Waals surface area contributed by atoms with Crippen LogP contribution in [0.4, 0.5) is 0 Å². The van der Waals surface area contributed by atoms with Crippen molar-refractivity contribution in [2.75, 3.05) is 13.1 Å². The van der Waals surface area contributed by atoms with Crippen molar-refractivity contribution in [1.82, 2.24) is 14.5 Å². The van der Waals surface area contributed by atoms with E-state index in [0.717, 1.165) is 74.4 Å². The lowest BCUT2D eigenvalue weighted by Gasteiger charge is -2.52. The highest BCUT2D eigenvalue weighted by atomic mass is 35.5. The number of carbonyl (C=O) groups excluding carboxylic acids is 1. The monoisotopic (exact) mass is 557 g/mol. The summed E-state index contributed by atoms with van der Waals surface area (Å²) < 4.78 is 2.16. The Labute approximate surface area is 236 Å². The number of likely N-dealkylation sites (tertiary alicyclic amines) is 1. The van der Waals surface area contributed by atoms with Crippen molar-refractivity contribution in [3.8, 4) is 11.3 Å². The minimum atomic E-state index is -0.885. The average molecular weight is 559 g/mol. The van der Waals surface area contributed by atoms with Crippen LogP contribution in [0.2, 0.25) is 0 Å². The van der Waals surface area contributed by atoms with E-state index in [-0.39, 0.29) is 42.7 Å². The maximum absolute atomic E-state index is 14.2. The van der Waals surface area contributed by atoms with E-state index in [0.29, 0.717) is 18.8 Å². The fourth-order valence-electron chi connectivity index (χ4n) is 6.81. The van der Waals surface area contributed by atoms with E-state index < -0.39 is 5.60 Å². The van der Waals surface area contributed by atoms with Crippen molar-refractivity contribution in [3.63, 3.8) is 0 Å². The molecule has 1 aromatic heterocycles. The summed E-state index contributed by atoms with van der Waals surface area (Å²) in [6.45, 7) is 3.83. The largest absolute Gasteiger partial charge is 1.00 e. The third-order valence-electron chi connectivity index (χ3n) is 8.66. The van der Waals surface area contributed by atoms with Crippen molar-refractivity contribution in [3.05, 3.63) is 77.2 Å². The molecule has 0 unspecified atom stereocenters. The molecule has 1 amide bonds. The zero-order chi connectivity index (χ0) is 24.7. The van der Waals surface area contributed by atoms with Crippen molar-refractivity contribution >= 4 is 5.91 Å². The van der Waals surface area contributed by atoms with Crippen LogP contribution in [0.25, 0.3) is 11.3 Å². The van der Waals surface area contributed by atoms with E-state index in [1.54, 1.807) is 0 Å². The Kier molecular flexibility index (Phi) is 8.85. The molecule has 0 radical (unpaired) electrons. The molecule has 6 N–H and O–H groups in total. The highest BCUT2D eigenvalue weighted by molar-refractivity contribution is 5.92. The molecule has 3 atom stereocenters. The van der Waals surface area contributed by atoms with Gasteiger partial charge in [0.2, 0.25) is 0 Å². The first kappa shape index (κ1) is 28.6. The second kappa shape index (κ2) is 11.8. The Morgan fingerprint density at radius 3 is 2.66 bits per heavy atom. The van der Waals surface area contributed by atoms with E-state index in [4.69, 9.17) is 4.98 Å². The van der Waals surface area contributed by atoms with Gasteiger partial charge in [0.25, 0.3) is 5.91 Å². The van der Waals surface area contributed by atoms with Gasteiger partial charge in [-0.25, -0.2) is 4.98 Å². The maximum Gasteiger partial charge on any atom is 0.290 e. The quantitative estimate of drug-likeness (QED) is 0.302. The third kappa shape index (κ3) is 4.87. The summed E-state index contributed by atoms with van der Waals surface area (Å²) in [7, 11) is 0. The Bertz CT molecular complexity index is 1270. The molecular weight excluding hydrogens is 521 g/mol. The number of nitrogens with zero attached hydrogens (tertiary/aromatic N) is 3. The van der Waals surface area contributed by atoms with Crippen molar-refractivity contribution in [2.24, 2.45) is 5.92 Å². The minimum Gasteiger partial charge on any atom is -1.00 e. The number of imidazole rings is 1. The van der Waals surface area contributed by atoms with E-state index in [1.165, 1.54) is 5.56 Å². The molecule has 2 fully saturated rings. The van der Waals surface area contributed by atoms with Gasteiger partial charge in [-0.05, 0) is 30.9 Å². The molecule has 38 heavy (non-hydrogen) atoms. The van der Waals surface area contributed by atoms with Crippen LogP contribution in [0.15, 0.2) is 54.6 Å². The molecule has 1 aliphatic carbocycles. The number of halogens is 2. The second-order valence-electron chi connectivity index (χ2n) is 10.6. The predicted molar refractivity (Wildman–Crippen MR) is 136 cm³/mol. The van der Waals surface area contributed by atoms with Crippen LogP contribution in [-0.2, 0) is 25.2 Å². The number of rotatable bonds is 4. The molecule has 2 aliphatic heterocycles. The number of hydrogen-bond donors (Lipinski definition) is 3. The molecule has 6 rings (SSSR count). The van der Waals surface area contributed by atoms with Gasteiger partial charge in [-0.15, -0.1) is 0 Å². The normalized spacial score (nSPS) is 24.4. The van der Waals surface area contributed by atoms with Crippen molar-refractivity contribution < 1.29 is 45.8 Å². The number of quaternary nitrogens is 2. The first-order valence-electron chi connectivity index (χ1n) is 13.5. The summed E-state index contributed by atoms with van der Waals surface area (Å²) >= 11 is 0. The molecule has 9 heteroatoms. The van der Waals surface area contributed by atoms with E-state index in [9.17, 15) is 9.90 Å². The Morgan fingerprint density at radius 2 is 1.87 bits per heavy atom. The highest BCUT2D eigenvalue weighted by Gasteiger charge is 2.51. The molecule has 204 valence electrons. The lowest BCUT2D eigenvalue weighted by Crippen LogP contribution is -3.00. The zero-order valence-electron chi connectivity index (χ0n) is 21.7. The number of hydrogen-bond acceptors (Lipinski definition) is 3.